The zero-order valence-electron chi connectivity index (χ0n) is 34.1. The molecule has 9 heteroatoms. The average Bonchev–Trinajstić information content (AvgIpc) is 3.09. The van der Waals surface area contributed by atoms with Gasteiger partial charge in [0.2, 0.25) is 0 Å². The van der Waals surface area contributed by atoms with Crippen LogP contribution in [0.5, 0.6) is 0 Å². The molecule has 0 saturated carbocycles. The molecule has 0 radical (unpaired) electrons. The van der Waals surface area contributed by atoms with E-state index in [1.807, 2.05) is 19.0 Å². The van der Waals surface area contributed by atoms with Crippen molar-refractivity contribution >= 4 is 19.5 Å². The summed E-state index contributed by atoms with van der Waals surface area (Å²) in [4.78, 5) is 27.1. The Kier molecular flexibility index (Phi) is 36.2. The molecule has 0 rings (SSSR count). The Morgan fingerprint density at radius 2 is 0.980 bits per heavy atom. The molecule has 0 aromatic heterocycles. The maximum Gasteiger partial charge on any atom is 0.327 e. The summed E-state index contributed by atoms with van der Waals surface area (Å²) in [6, 6.07) is 0. The third-order valence-electron chi connectivity index (χ3n) is 9.21. The Bertz CT molecular complexity index is 866. The third kappa shape index (κ3) is 38.3. The summed E-state index contributed by atoms with van der Waals surface area (Å²) >= 11 is 0. The van der Waals surface area contributed by atoms with Crippen LogP contribution in [0.15, 0.2) is 12.2 Å². The van der Waals surface area contributed by atoms with Crippen molar-refractivity contribution in [3.05, 3.63) is 12.2 Å². The first kappa shape index (κ1) is 49.8. The minimum absolute atomic E-state index is 0.118. The van der Waals surface area contributed by atoms with Crippen molar-refractivity contribution in [2.24, 2.45) is 0 Å². The molecule has 0 amide bonds. The first-order valence-electron chi connectivity index (χ1n) is 21.2. The highest BCUT2D eigenvalue weighted by atomic mass is 31.2. The van der Waals surface area contributed by atoms with E-state index in [2.05, 4.69) is 26.0 Å². The summed E-state index contributed by atoms with van der Waals surface area (Å²) in [5, 5.41) is 0. The minimum Gasteiger partial charge on any atom is -0.462 e. The van der Waals surface area contributed by atoms with Crippen molar-refractivity contribution in [3.63, 3.8) is 0 Å². The lowest BCUT2D eigenvalue weighted by Crippen LogP contribution is -2.29. The number of unbranched alkanes of at least 4 members (excludes halogenated alkanes) is 23. The number of esters is 2. The Hall–Kier alpha value is -1.21. The van der Waals surface area contributed by atoms with Crippen LogP contribution in [0.3, 0.4) is 0 Å². The molecule has 0 aliphatic heterocycles. The van der Waals surface area contributed by atoms with Crippen LogP contribution in [0.4, 0.5) is 0 Å². The van der Waals surface area contributed by atoms with Gasteiger partial charge < -0.3 is 23.4 Å². The molecule has 302 valence electrons. The molecular formula is C42H82NO7P. The number of ether oxygens (including phenoxy) is 2. The third-order valence-corrected chi connectivity index (χ3v) is 10.5. The molecule has 0 saturated heterocycles. The first-order chi connectivity index (χ1) is 24.7. The number of likely N-dealkylation sites (N-methyl/N-ethyl adjacent to an activating group) is 1. The second-order valence-electron chi connectivity index (χ2n) is 14.8. The quantitative estimate of drug-likeness (QED) is 0.0266. The molecule has 0 aliphatic rings. The normalized spacial score (nSPS) is 13.5. The summed E-state index contributed by atoms with van der Waals surface area (Å²) in [6.07, 6.45) is 36.2. The first-order valence-corrected chi connectivity index (χ1v) is 23.2. The highest BCUT2D eigenvalue weighted by Crippen LogP contribution is 2.43. The number of allylic oxidation sites excluding steroid dienone is 2. The maximum atomic E-state index is 12.8. The highest BCUT2D eigenvalue weighted by molar-refractivity contribution is 7.52. The van der Waals surface area contributed by atoms with Gasteiger partial charge in [-0.2, -0.15) is 0 Å². The van der Waals surface area contributed by atoms with E-state index in [9.17, 15) is 14.2 Å². The van der Waals surface area contributed by atoms with Crippen molar-refractivity contribution in [2.45, 2.75) is 200 Å². The molecule has 0 aliphatic carbocycles. The molecular weight excluding hydrogens is 661 g/mol. The Morgan fingerprint density at radius 3 is 1.43 bits per heavy atom. The summed E-state index contributed by atoms with van der Waals surface area (Å²) in [5.74, 6) is -0.661. The lowest BCUT2D eigenvalue weighted by molar-refractivity contribution is -0.161. The van der Waals surface area contributed by atoms with Crippen LogP contribution < -0.4 is 0 Å². The fourth-order valence-electron chi connectivity index (χ4n) is 5.89. The van der Waals surface area contributed by atoms with Crippen molar-refractivity contribution in [1.82, 2.24) is 4.90 Å². The van der Waals surface area contributed by atoms with Crippen LogP contribution in [0.25, 0.3) is 0 Å². The summed E-state index contributed by atoms with van der Waals surface area (Å²) < 4.78 is 34.9. The minimum atomic E-state index is -3.35. The van der Waals surface area contributed by atoms with Crippen molar-refractivity contribution in [3.8, 4) is 0 Å². The van der Waals surface area contributed by atoms with E-state index in [4.69, 9.17) is 18.5 Å². The number of nitrogens with zero attached hydrogens (tertiary/aromatic N) is 1. The summed E-state index contributed by atoms with van der Waals surface area (Å²) in [7, 11) is 0.457. The van der Waals surface area contributed by atoms with Crippen molar-refractivity contribution < 1.29 is 32.7 Å². The zero-order chi connectivity index (χ0) is 37.7. The lowest BCUT2D eigenvalue weighted by atomic mass is 10.0. The van der Waals surface area contributed by atoms with Crippen LogP contribution >= 0.6 is 7.60 Å². The van der Waals surface area contributed by atoms with Gasteiger partial charge in [-0.1, -0.05) is 154 Å². The Labute approximate surface area is 315 Å². The molecule has 0 bridgehead atoms. The van der Waals surface area contributed by atoms with E-state index in [-0.39, 0.29) is 31.8 Å². The molecule has 0 fully saturated rings. The van der Waals surface area contributed by atoms with Crippen molar-refractivity contribution in [1.29, 1.82) is 0 Å². The SMILES string of the molecule is CCCCCCCC/C=C\CCCCCCCC(=O)O[C@H](COC(=O)CCCCCCCCCCCCCCC)COP(C)(=O)OCCN(C)C. The monoisotopic (exact) mass is 744 g/mol. The second kappa shape index (κ2) is 37.1. The van der Waals surface area contributed by atoms with Gasteiger partial charge in [-0.15, -0.1) is 0 Å². The molecule has 8 nitrogen and oxygen atoms in total. The average molecular weight is 744 g/mol. The summed E-state index contributed by atoms with van der Waals surface area (Å²) in [6.45, 7) is 6.52. The predicted molar refractivity (Wildman–Crippen MR) is 215 cm³/mol. The van der Waals surface area contributed by atoms with E-state index < -0.39 is 13.7 Å². The van der Waals surface area contributed by atoms with E-state index in [0.717, 1.165) is 51.4 Å². The number of carbonyl (C=O) groups excluding carboxylic acids is 2. The van der Waals surface area contributed by atoms with Gasteiger partial charge in [0.1, 0.15) is 6.61 Å². The number of rotatable bonds is 39. The topological polar surface area (TPSA) is 91.4 Å². The molecule has 0 N–H and O–H groups in total. The van der Waals surface area contributed by atoms with E-state index in [0.29, 0.717) is 19.4 Å². The van der Waals surface area contributed by atoms with E-state index in [1.165, 1.54) is 122 Å². The Balaban J connectivity index is 4.31. The zero-order valence-corrected chi connectivity index (χ0v) is 35.0. The van der Waals surface area contributed by atoms with Crippen LogP contribution in [0, 0.1) is 0 Å². The number of hydrogen-bond donors (Lipinski definition) is 0. The summed E-state index contributed by atoms with van der Waals surface area (Å²) in [5.41, 5.74) is 0. The van der Waals surface area contributed by atoms with Gasteiger partial charge in [0, 0.05) is 26.1 Å². The standard InChI is InChI=1S/C42H82NO7P/c1-6-8-10-12-14-16-18-20-21-23-25-27-29-31-33-35-42(45)50-40(39-49-51(5,46)48-37-36-43(3)4)38-47-41(44)34-32-30-28-26-24-22-19-17-15-13-11-9-7-2/h20-21,40H,6-19,22-39H2,1-5H3/b21-20-/t40-,51?/m1/s1. The van der Waals surface area contributed by atoms with Gasteiger partial charge in [0.15, 0.2) is 6.10 Å². The predicted octanol–water partition coefficient (Wildman–Crippen LogP) is 12.4. The van der Waals surface area contributed by atoms with Crippen LogP contribution in [-0.2, 0) is 32.7 Å². The van der Waals surface area contributed by atoms with Crippen LogP contribution in [0.1, 0.15) is 194 Å². The van der Waals surface area contributed by atoms with Crippen molar-refractivity contribution in [2.75, 3.05) is 47.1 Å². The van der Waals surface area contributed by atoms with Gasteiger partial charge in [0.25, 0.3) is 0 Å². The second-order valence-corrected chi connectivity index (χ2v) is 16.9. The molecule has 0 aromatic carbocycles. The molecule has 1 unspecified atom stereocenters. The molecule has 0 spiro atoms. The van der Waals surface area contributed by atoms with Gasteiger partial charge in [-0.05, 0) is 52.6 Å². The van der Waals surface area contributed by atoms with Crippen LogP contribution in [0.2, 0.25) is 0 Å². The highest BCUT2D eigenvalue weighted by Gasteiger charge is 2.24. The fourth-order valence-corrected chi connectivity index (χ4v) is 6.82. The molecule has 0 heterocycles. The Morgan fingerprint density at radius 1 is 0.569 bits per heavy atom. The maximum absolute atomic E-state index is 12.8. The van der Waals surface area contributed by atoms with Gasteiger partial charge >= 0.3 is 19.5 Å². The van der Waals surface area contributed by atoms with Gasteiger partial charge in [-0.3, -0.25) is 14.2 Å². The largest absolute Gasteiger partial charge is 0.462 e. The van der Waals surface area contributed by atoms with E-state index >= 15 is 0 Å². The number of hydrogen-bond acceptors (Lipinski definition) is 8. The fraction of sp³-hybridized carbons (Fsp3) is 0.905. The smallest absolute Gasteiger partial charge is 0.327 e. The molecule has 0 aromatic rings. The lowest BCUT2D eigenvalue weighted by Gasteiger charge is -2.21. The van der Waals surface area contributed by atoms with Crippen LogP contribution in [-0.4, -0.2) is 70.1 Å². The number of carbonyl (C=O) groups is 2. The van der Waals surface area contributed by atoms with E-state index in [1.54, 1.807) is 0 Å². The molecule has 2 atom stereocenters. The van der Waals surface area contributed by atoms with Gasteiger partial charge in [-0.25, -0.2) is 0 Å². The van der Waals surface area contributed by atoms with Gasteiger partial charge in [0.05, 0.1) is 13.2 Å². The molecule has 51 heavy (non-hydrogen) atoms.